The van der Waals surface area contributed by atoms with Gasteiger partial charge in [-0.05, 0) is 37.0 Å². The first kappa shape index (κ1) is 16.5. The SMILES string of the molecule is COc1ccccc1CCN(C)C(=O)C1(c2ccccc2F)CC1. The highest BCUT2D eigenvalue weighted by Gasteiger charge is 2.53. The van der Waals surface area contributed by atoms with Crippen LogP contribution in [0.5, 0.6) is 5.75 Å². The van der Waals surface area contributed by atoms with Gasteiger partial charge in [-0.3, -0.25) is 4.79 Å². The van der Waals surface area contributed by atoms with E-state index in [1.807, 2.05) is 24.3 Å². The number of hydrogen-bond acceptors (Lipinski definition) is 2. The lowest BCUT2D eigenvalue weighted by molar-refractivity contribution is -0.132. The number of methoxy groups -OCH3 is 1. The Bertz CT molecular complexity index is 740. The highest BCUT2D eigenvalue weighted by Crippen LogP contribution is 2.50. The number of amides is 1. The predicted molar refractivity (Wildman–Crippen MR) is 91.6 cm³/mol. The molecule has 2 aromatic rings. The fourth-order valence-corrected chi connectivity index (χ4v) is 3.24. The summed E-state index contributed by atoms with van der Waals surface area (Å²) in [6.07, 6.45) is 2.14. The molecule has 1 saturated carbocycles. The van der Waals surface area contributed by atoms with Gasteiger partial charge < -0.3 is 9.64 Å². The van der Waals surface area contributed by atoms with Gasteiger partial charge in [-0.15, -0.1) is 0 Å². The third-order valence-electron chi connectivity index (χ3n) is 4.80. The first-order chi connectivity index (χ1) is 11.6. The molecule has 3 nitrogen and oxygen atoms in total. The van der Waals surface area contributed by atoms with Crippen LogP contribution in [-0.4, -0.2) is 31.5 Å². The zero-order valence-electron chi connectivity index (χ0n) is 14.1. The van der Waals surface area contributed by atoms with Gasteiger partial charge in [0.15, 0.2) is 0 Å². The maximum atomic E-state index is 14.1. The van der Waals surface area contributed by atoms with E-state index in [0.717, 1.165) is 11.3 Å². The van der Waals surface area contributed by atoms with E-state index in [2.05, 4.69) is 0 Å². The van der Waals surface area contributed by atoms with Gasteiger partial charge in [0.25, 0.3) is 0 Å². The van der Waals surface area contributed by atoms with E-state index in [9.17, 15) is 9.18 Å². The second kappa shape index (κ2) is 6.63. The van der Waals surface area contributed by atoms with E-state index in [4.69, 9.17) is 4.74 Å². The Balaban J connectivity index is 1.70. The molecule has 0 spiro atoms. The van der Waals surface area contributed by atoms with Crippen molar-refractivity contribution in [1.29, 1.82) is 0 Å². The lowest BCUT2D eigenvalue weighted by Gasteiger charge is -2.24. The number of ether oxygens (including phenoxy) is 1. The molecule has 2 aromatic carbocycles. The molecule has 1 fully saturated rings. The third kappa shape index (κ3) is 3.01. The molecule has 24 heavy (non-hydrogen) atoms. The van der Waals surface area contributed by atoms with Gasteiger partial charge in [0, 0.05) is 19.2 Å². The minimum absolute atomic E-state index is 0.00231. The molecule has 1 amide bonds. The first-order valence-electron chi connectivity index (χ1n) is 8.21. The highest BCUT2D eigenvalue weighted by molar-refractivity contribution is 5.91. The summed E-state index contributed by atoms with van der Waals surface area (Å²) in [4.78, 5) is 14.6. The summed E-state index contributed by atoms with van der Waals surface area (Å²) >= 11 is 0. The molecule has 126 valence electrons. The molecule has 4 heteroatoms. The molecule has 1 aliphatic carbocycles. The van der Waals surface area contributed by atoms with Gasteiger partial charge in [-0.1, -0.05) is 36.4 Å². The van der Waals surface area contributed by atoms with Crippen LogP contribution in [0.15, 0.2) is 48.5 Å². The molecule has 1 aliphatic rings. The van der Waals surface area contributed by atoms with Crippen molar-refractivity contribution in [3.8, 4) is 5.75 Å². The smallest absolute Gasteiger partial charge is 0.233 e. The van der Waals surface area contributed by atoms with Crippen LogP contribution >= 0.6 is 0 Å². The van der Waals surface area contributed by atoms with Crippen LogP contribution in [0.25, 0.3) is 0 Å². The van der Waals surface area contributed by atoms with Crippen LogP contribution in [0, 0.1) is 5.82 Å². The number of halogens is 1. The van der Waals surface area contributed by atoms with Gasteiger partial charge in [0.1, 0.15) is 11.6 Å². The maximum absolute atomic E-state index is 14.1. The maximum Gasteiger partial charge on any atom is 0.233 e. The van der Waals surface area contributed by atoms with Crippen LogP contribution in [0.3, 0.4) is 0 Å². The van der Waals surface area contributed by atoms with Crippen molar-refractivity contribution >= 4 is 5.91 Å². The van der Waals surface area contributed by atoms with Crippen LogP contribution in [-0.2, 0) is 16.6 Å². The lowest BCUT2D eigenvalue weighted by atomic mass is 9.93. The number of carbonyl (C=O) groups is 1. The average molecular weight is 327 g/mol. The number of likely N-dealkylation sites (N-methyl/N-ethyl adjacent to an activating group) is 1. The first-order valence-corrected chi connectivity index (χ1v) is 8.21. The van der Waals surface area contributed by atoms with Gasteiger partial charge in [0.05, 0.1) is 12.5 Å². The summed E-state index contributed by atoms with van der Waals surface area (Å²) in [5.74, 6) is 0.539. The third-order valence-corrected chi connectivity index (χ3v) is 4.80. The quantitative estimate of drug-likeness (QED) is 0.812. The molecule has 3 rings (SSSR count). The molecule has 0 heterocycles. The van der Waals surface area contributed by atoms with Crippen molar-refractivity contribution in [3.63, 3.8) is 0 Å². The van der Waals surface area contributed by atoms with Crippen molar-refractivity contribution in [1.82, 2.24) is 4.90 Å². The zero-order chi connectivity index (χ0) is 17.2. The topological polar surface area (TPSA) is 29.5 Å². The minimum atomic E-state index is -0.666. The second-order valence-corrected chi connectivity index (χ2v) is 6.35. The molecular weight excluding hydrogens is 305 g/mol. The largest absolute Gasteiger partial charge is 0.496 e. The molecule has 0 N–H and O–H groups in total. The monoisotopic (exact) mass is 327 g/mol. The number of carbonyl (C=O) groups excluding carboxylic acids is 1. The molecule has 0 atom stereocenters. The Morgan fingerprint density at radius 2 is 1.83 bits per heavy atom. The molecule has 0 unspecified atom stereocenters. The van der Waals surface area contributed by atoms with Crippen LogP contribution in [0.2, 0.25) is 0 Å². The Morgan fingerprint density at radius 3 is 2.50 bits per heavy atom. The molecule has 0 radical (unpaired) electrons. The minimum Gasteiger partial charge on any atom is -0.496 e. The summed E-state index contributed by atoms with van der Waals surface area (Å²) in [6, 6.07) is 14.4. The van der Waals surface area contributed by atoms with Gasteiger partial charge in [-0.2, -0.15) is 0 Å². The fraction of sp³-hybridized carbons (Fsp3) is 0.350. The Labute approximate surface area is 142 Å². The highest BCUT2D eigenvalue weighted by atomic mass is 19.1. The van der Waals surface area contributed by atoms with Crippen molar-refractivity contribution in [2.24, 2.45) is 0 Å². The molecule has 0 saturated heterocycles. The van der Waals surface area contributed by atoms with Crippen molar-refractivity contribution in [2.75, 3.05) is 20.7 Å². The summed E-state index contributed by atoms with van der Waals surface area (Å²) in [5, 5.41) is 0. The standard InChI is InChI=1S/C20H22FNO2/c1-22(14-11-15-7-3-6-10-18(15)24-2)19(23)20(12-13-20)16-8-4-5-9-17(16)21/h3-10H,11-14H2,1-2H3. The van der Waals surface area contributed by atoms with Gasteiger partial charge >= 0.3 is 0 Å². The Hall–Kier alpha value is -2.36. The number of hydrogen-bond donors (Lipinski definition) is 0. The number of benzene rings is 2. The normalized spacial score (nSPS) is 15.0. The average Bonchev–Trinajstić information content (AvgIpc) is 3.41. The van der Waals surface area contributed by atoms with E-state index in [1.165, 1.54) is 6.07 Å². The fourth-order valence-electron chi connectivity index (χ4n) is 3.24. The van der Waals surface area contributed by atoms with Crippen LogP contribution in [0.1, 0.15) is 24.0 Å². The zero-order valence-corrected chi connectivity index (χ0v) is 14.1. The van der Waals surface area contributed by atoms with E-state index in [0.29, 0.717) is 31.4 Å². The summed E-state index contributed by atoms with van der Waals surface area (Å²) in [5.41, 5.74) is 0.926. The van der Waals surface area contributed by atoms with Crippen molar-refractivity contribution in [3.05, 3.63) is 65.5 Å². The molecular formula is C20H22FNO2. The molecule has 0 bridgehead atoms. The Morgan fingerprint density at radius 1 is 1.17 bits per heavy atom. The van der Waals surface area contributed by atoms with Gasteiger partial charge in [0.2, 0.25) is 5.91 Å². The Kier molecular flexibility index (Phi) is 4.56. The number of para-hydroxylation sites is 1. The lowest BCUT2D eigenvalue weighted by Crippen LogP contribution is -2.38. The van der Waals surface area contributed by atoms with Gasteiger partial charge in [-0.25, -0.2) is 4.39 Å². The summed E-state index contributed by atoms with van der Waals surface area (Å²) in [6.45, 7) is 0.579. The van der Waals surface area contributed by atoms with E-state index >= 15 is 0 Å². The summed E-state index contributed by atoms with van der Waals surface area (Å²) < 4.78 is 19.5. The number of nitrogens with zero attached hydrogens (tertiary/aromatic N) is 1. The number of rotatable bonds is 6. The van der Waals surface area contributed by atoms with E-state index in [-0.39, 0.29) is 11.7 Å². The van der Waals surface area contributed by atoms with Crippen molar-refractivity contribution < 1.29 is 13.9 Å². The van der Waals surface area contributed by atoms with E-state index < -0.39 is 5.41 Å². The summed E-state index contributed by atoms with van der Waals surface area (Å²) in [7, 11) is 3.43. The van der Waals surface area contributed by atoms with Crippen LogP contribution < -0.4 is 4.74 Å². The second-order valence-electron chi connectivity index (χ2n) is 6.35. The predicted octanol–water partition coefficient (Wildman–Crippen LogP) is 3.57. The molecule has 0 aromatic heterocycles. The van der Waals surface area contributed by atoms with Crippen molar-refractivity contribution in [2.45, 2.75) is 24.7 Å². The molecule has 0 aliphatic heterocycles. The van der Waals surface area contributed by atoms with Crippen LogP contribution in [0.4, 0.5) is 4.39 Å². The van der Waals surface area contributed by atoms with E-state index in [1.54, 1.807) is 37.3 Å².